The summed E-state index contributed by atoms with van der Waals surface area (Å²) in [6.45, 7) is 0. The zero-order chi connectivity index (χ0) is 13.2. The van der Waals surface area contributed by atoms with Crippen molar-refractivity contribution in [3.63, 3.8) is 0 Å². The zero-order valence-electron chi connectivity index (χ0n) is 10.5. The van der Waals surface area contributed by atoms with Gasteiger partial charge in [-0.25, -0.2) is 0 Å². The van der Waals surface area contributed by atoms with Crippen LogP contribution in [0, 0.1) is 0 Å². The lowest BCUT2D eigenvalue weighted by atomic mass is 10.0. The minimum absolute atomic E-state index is 1.15. The van der Waals surface area contributed by atoms with Crippen LogP contribution in [-0.2, 0) is 0 Å². The van der Waals surface area contributed by atoms with E-state index >= 15 is 0 Å². The van der Waals surface area contributed by atoms with Gasteiger partial charge in [0, 0.05) is 5.69 Å². The van der Waals surface area contributed by atoms with E-state index in [0.29, 0.717) is 0 Å². The Morgan fingerprint density at radius 2 is 1.26 bits per heavy atom. The molecular weight excluding hydrogens is 268 g/mol. The molecule has 3 aromatic carbocycles. The van der Waals surface area contributed by atoms with Crippen molar-refractivity contribution in [1.29, 1.82) is 0 Å². The standard InChI is InChI=1S/C16H15NP2/c18-17(19)16-9-7-13(8-10-16)15-6-5-12-3-1-2-4-14(12)11-15/h1-11H,18-19H2. The van der Waals surface area contributed by atoms with Gasteiger partial charge >= 0.3 is 0 Å². The van der Waals surface area contributed by atoms with Crippen LogP contribution in [0.15, 0.2) is 66.7 Å². The SMILES string of the molecule is PN(P)c1ccc(-c2ccc3ccccc3c2)cc1. The highest BCUT2D eigenvalue weighted by atomic mass is 31.1. The summed E-state index contributed by atoms with van der Waals surface area (Å²) in [5.41, 5.74) is 3.65. The Bertz CT molecular complexity index is 705. The Morgan fingerprint density at radius 3 is 1.95 bits per heavy atom. The first kappa shape index (κ1) is 12.6. The maximum Gasteiger partial charge on any atom is 0.0423 e. The van der Waals surface area contributed by atoms with Crippen LogP contribution in [0.2, 0.25) is 0 Å². The van der Waals surface area contributed by atoms with Crippen molar-refractivity contribution >= 4 is 35.2 Å². The molecular formula is C16H15NP2. The van der Waals surface area contributed by atoms with E-state index in [1.165, 1.54) is 21.9 Å². The Hall–Kier alpha value is -1.42. The van der Waals surface area contributed by atoms with Gasteiger partial charge in [-0.2, -0.15) is 0 Å². The Morgan fingerprint density at radius 1 is 0.632 bits per heavy atom. The maximum atomic E-state index is 2.63. The fourth-order valence-electron chi connectivity index (χ4n) is 2.19. The van der Waals surface area contributed by atoms with Crippen LogP contribution in [0.4, 0.5) is 5.69 Å². The van der Waals surface area contributed by atoms with Gasteiger partial charge in [0.1, 0.15) is 0 Å². The van der Waals surface area contributed by atoms with Crippen LogP contribution in [0.25, 0.3) is 21.9 Å². The predicted octanol–water partition coefficient (Wildman–Crippen LogP) is 4.89. The highest BCUT2D eigenvalue weighted by Gasteiger charge is 2.01. The molecule has 2 atom stereocenters. The molecule has 0 saturated carbocycles. The molecule has 2 unspecified atom stereocenters. The number of benzene rings is 3. The number of anilines is 1. The van der Waals surface area contributed by atoms with E-state index in [2.05, 4.69) is 85.5 Å². The molecule has 0 fully saturated rings. The minimum atomic E-state index is 1.15. The average molecular weight is 283 g/mol. The minimum Gasteiger partial charge on any atom is -0.341 e. The summed E-state index contributed by atoms with van der Waals surface area (Å²) in [6.07, 6.45) is 0. The second-order valence-corrected chi connectivity index (χ2v) is 6.23. The molecule has 3 rings (SSSR count). The number of nitrogens with zero attached hydrogens (tertiary/aromatic N) is 1. The van der Waals surface area contributed by atoms with Crippen molar-refractivity contribution in [3.05, 3.63) is 66.7 Å². The largest absolute Gasteiger partial charge is 0.341 e. The molecule has 0 aliphatic heterocycles. The number of fused-ring (bicyclic) bond motifs is 1. The summed E-state index contributed by atoms with van der Waals surface area (Å²) >= 11 is 0. The van der Waals surface area contributed by atoms with Gasteiger partial charge in [0.05, 0.1) is 0 Å². The molecule has 0 N–H and O–H groups in total. The first-order chi connectivity index (χ1) is 9.24. The highest BCUT2D eigenvalue weighted by molar-refractivity contribution is 7.39. The monoisotopic (exact) mass is 283 g/mol. The van der Waals surface area contributed by atoms with Crippen LogP contribution in [0.3, 0.4) is 0 Å². The van der Waals surface area contributed by atoms with E-state index in [0.717, 1.165) is 5.69 Å². The third kappa shape index (κ3) is 2.63. The highest BCUT2D eigenvalue weighted by Crippen LogP contribution is 2.28. The average Bonchev–Trinajstić information content (AvgIpc) is 2.47. The Balaban J connectivity index is 2.03. The van der Waals surface area contributed by atoms with Crippen molar-refractivity contribution < 1.29 is 0 Å². The summed E-state index contributed by atoms with van der Waals surface area (Å²) < 4.78 is 1.95. The molecule has 19 heavy (non-hydrogen) atoms. The summed E-state index contributed by atoms with van der Waals surface area (Å²) in [5.74, 6) is 0. The van der Waals surface area contributed by atoms with Crippen molar-refractivity contribution in [2.24, 2.45) is 0 Å². The molecule has 0 radical (unpaired) electrons. The fraction of sp³-hybridized carbons (Fsp3) is 0. The fourth-order valence-corrected chi connectivity index (χ4v) is 2.54. The first-order valence-electron chi connectivity index (χ1n) is 6.13. The van der Waals surface area contributed by atoms with E-state index < -0.39 is 0 Å². The summed E-state index contributed by atoms with van der Waals surface area (Å²) in [6, 6.07) is 23.6. The second kappa shape index (κ2) is 5.29. The summed E-state index contributed by atoms with van der Waals surface area (Å²) in [7, 11) is 5.26. The van der Waals surface area contributed by atoms with Crippen LogP contribution < -0.4 is 4.44 Å². The molecule has 0 saturated heterocycles. The Kier molecular flexibility index (Phi) is 3.51. The summed E-state index contributed by atoms with van der Waals surface area (Å²) in [5, 5.41) is 2.56. The number of hydrogen-bond acceptors (Lipinski definition) is 1. The number of rotatable bonds is 2. The molecule has 0 aliphatic rings. The lowest BCUT2D eigenvalue weighted by molar-refractivity contribution is 1.59. The van der Waals surface area contributed by atoms with Crippen LogP contribution in [0.1, 0.15) is 0 Å². The van der Waals surface area contributed by atoms with Crippen molar-refractivity contribution in [2.75, 3.05) is 4.44 Å². The molecule has 0 bridgehead atoms. The van der Waals surface area contributed by atoms with Crippen LogP contribution >= 0.6 is 18.8 Å². The normalized spacial score (nSPS) is 10.6. The molecule has 94 valence electrons. The molecule has 0 spiro atoms. The Labute approximate surface area is 118 Å². The quantitative estimate of drug-likeness (QED) is 0.605. The lowest BCUT2D eigenvalue weighted by Crippen LogP contribution is -1.89. The number of hydrogen-bond donors (Lipinski definition) is 0. The van der Waals surface area contributed by atoms with Gasteiger partial charge in [-0.05, 0) is 58.9 Å². The summed E-state index contributed by atoms with van der Waals surface area (Å²) in [4.78, 5) is 0. The van der Waals surface area contributed by atoms with Crippen LogP contribution in [-0.4, -0.2) is 0 Å². The van der Waals surface area contributed by atoms with Crippen molar-refractivity contribution in [2.45, 2.75) is 0 Å². The molecule has 0 amide bonds. The van der Waals surface area contributed by atoms with E-state index in [4.69, 9.17) is 0 Å². The van der Waals surface area contributed by atoms with E-state index in [1.807, 2.05) is 4.44 Å². The van der Waals surface area contributed by atoms with Crippen molar-refractivity contribution in [3.8, 4) is 11.1 Å². The maximum absolute atomic E-state index is 2.63. The van der Waals surface area contributed by atoms with Gasteiger partial charge in [-0.1, -0.05) is 48.5 Å². The molecule has 0 aromatic heterocycles. The van der Waals surface area contributed by atoms with Crippen molar-refractivity contribution in [1.82, 2.24) is 0 Å². The topological polar surface area (TPSA) is 3.24 Å². The zero-order valence-corrected chi connectivity index (χ0v) is 12.8. The molecule has 1 nitrogen and oxygen atoms in total. The molecule has 0 heterocycles. The first-order valence-corrected chi connectivity index (χ1v) is 7.16. The van der Waals surface area contributed by atoms with E-state index in [1.54, 1.807) is 0 Å². The van der Waals surface area contributed by atoms with Gasteiger partial charge in [0.2, 0.25) is 0 Å². The van der Waals surface area contributed by atoms with E-state index in [-0.39, 0.29) is 0 Å². The predicted molar refractivity (Wildman–Crippen MR) is 91.3 cm³/mol. The molecule has 3 heteroatoms. The third-order valence-corrected chi connectivity index (χ3v) is 3.84. The van der Waals surface area contributed by atoms with Gasteiger partial charge < -0.3 is 4.44 Å². The van der Waals surface area contributed by atoms with Crippen LogP contribution in [0.5, 0.6) is 0 Å². The van der Waals surface area contributed by atoms with Gasteiger partial charge in [-0.15, -0.1) is 0 Å². The third-order valence-electron chi connectivity index (χ3n) is 3.25. The molecule has 0 aliphatic carbocycles. The van der Waals surface area contributed by atoms with Gasteiger partial charge in [0.15, 0.2) is 0 Å². The molecule has 3 aromatic rings. The van der Waals surface area contributed by atoms with E-state index in [9.17, 15) is 0 Å². The second-order valence-electron chi connectivity index (χ2n) is 4.52. The smallest absolute Gasteiger partial charge is 0.0423 e. The van der Waals surface area contributed by atoms with Gasteiger partial charge in [-0.3, -0.25) is 0 Å². The lowest BCUT2D eigenvalue weighted by Gasteiger charge is -2.12. The van der Waals surface area contributed by atoms with Gasteiger partial charge in [0.25, 0.3) is 0 Å².